The summed E-state index contributed by atoms with van der Waals surface area (Å²) < 4.78 is 0. The maximum Gasteiger partial charge on any atom is 0.322 e. The maximum atomic E-state index is 12.0. The summed E-state index contributed by atoms with van der Waals surface area (Å²) in [5.74, 6) is -0.616. The molecule has 1 aliphatic rings. The van der Waals surface area contributed by atoms with Gasteiger partial charge in [0, 0.05) is 11.9 Å². The first kappa shape index (κ1) is 13.5. The Hall–Kier alpha value is -1.89. The van der Waals surface area contributed by atoms with Crippen LogP contribution in [0.15, 0.2) is 11.4 Å². The molecule has 1 aliphatic heterocycles. The van der Waals surface area contributed by atoms with Crippen LogP contribution in [0.5, 0.6) is 0 Å². The summed E-state index contributed by atoms with van der Waals surface area (Å²) >= 11 is 1.60. The van der Waals surface area contributed by atoms with Gasteiger partial charge >= 0.3 is 6.03 Å². The molecule has 1 aromatic rings. The van der Waals surface area contributed by atoms with Gasteiger partial charge in [0.25, 0.3) is 5.91 Å². The van der Waals surface area contributed by atoms with Gasteiger partial charge in [-0.25, -0.2) is 4.79 Å². The van der Waals surface area contributed by atoms with Crippen molar-refractivity contribution in [2.75, 3.05) is 7.05 Å². The van der Waals surface area contributed by atoms with Crippen LogP contribution in [0, 0.1) is 6.92 Å². The molecule has 1 aromatic heterocycles. The van der Waals surface area contributed by atoms with E-state index in [0.29, 0.717) is 6.54 Å². The van der Waals surface area contributed by atoms with Crippen molar-refractivity contribution in [1.29, 1.82) is 0 Å². The van der Waals surface area contributed by atoms with Crippen LogP contribution in [0.4, 0.5) is 4.79 Å². The minimum Gasteiger partial charge on any atom is -0.341 e. The highest BCUT2D eigenvalue weighted by Crippen LogP contribution is 2.17. The maximum absolute atomic E-state index is 12.0. The quantitative estimate of drug-likeness (QED) is 0.794. The molecule has 4 amide bonds. The molecule has 0 aromatic carbocycles. The van der Waals surface area contributed by atoms with Crippen LogP contribution in [-0.2, 0) is 16.1 Å². The fraction of sp³-hybridized carbons (Fsp3) is 0.417. The molecule has 1 atom stereocenters. The van der Waals surface area contributed by atoms with E-state index >= 15 is 0 Å². The number of carbonyl (C=O) groups is 3. The predicted octanol–water partition coefficient (Wildman–Crippen LogP) is 0.613. The van der Waals surface area contributed by atoms with E-state index in [1.54, 1.807) is 23.3 Å². The van der Waals surface area contributed by atoms with Gasteiger partial charge < -0.3 is 10.2 Å². The number of nitrogens with one attached hydrogen (secondary N) is 2. The predicted molar refractivity (Wildman–Crippen MR) is 70.6 cm³/mol. The number of carbonyl (C=O) groups excluding carboxylic acids is 3. The van der Waals surface area contributed by atoms with E-state index in [2.05, 4.69) is 10.6 Å². The molecule has 19 heavy (non-hydrogen) atoms. The topological polar surface area (TPSA) is 78.5 Å². The number of thiophene rings is 1. The van der Waals surface area contributed by atoms with Gasteiger partial charge in [0.05, 0.1) is 13.0 Å². The fourth-order valence-corrected chi connectivity index (χ4v) is 2.76. The molecule has 0 aliphatic carbocycles. The van der Waals surface area contributed by atoms with Crippen molar-refractivity contribution in [2.45, 2.75) is 25.9 Å². The van der Waals surface area contributed by atoms with Crippen molar-refractivity contribution < 1.29 is 14.4 Å². The zero-order chi connectivity index (χ0) is 14.0. The minimum absolute atomic E-state index is 0.0154. The Morgan fingerprint density at radius 2 is 2.21 bits per heavy atom. The summed E-state index contributed by atoms with van der Waals surface area (Å²) in [6, 6.07) is 0.703. The highest BCUT2D eigenvalue weighted by molar-refractivity contribution is 7.10. The van der Waals surface area contributed by atoms with Gasteiger partial charge in [-0.1, -0.05) is 0 Å². The number of hydrogen-bond acceptors (Lipinski definition) is 4. The molecule has 2 N–H and O–H groups in total. The molecule has 0 saturated carbocycles. The Morgan fingerprint density at radius 1 is 1.47 bits per heavy atom. The summed E-state index contributed by atoms with van der Waals surface area (Å²) in [6.45, 7) is 2.51. The molecule has 6 nitrogen and oxygen atoms in total. The van der Waals surface area contributed by atoms with Gasteiger partial charge in [0.15, 0.2) is 0 Å². The molecular formula is C12H15N3O3S. The highest BCUT2D eigenvalue weighted by atomic mass is 32.1. The molecule has 102 valence electrons. The van der Waals surface area contributed by atoms with E-state index in [0.717, 1.165) is 10.4 Å². The summed E-state index contributed by atoms with van der Waals surface area (Å²) in [5, 5.41) is 6.50. The Kier molecular flexibility index (Phi) is 3.84. The van der Waals surface area contributed by atoms with Crippen molar-refractivity contribution in [3.05, 3.63) is 21.9 Å². The van der Waals surface area contributed by atoms with E-state index in [-0.39, 0.29) is 12.3 Å². The lowest BCUT2D eigenvalue weighted by Gasteiger charge is -2.18. The van der Waals surface area contributed by atoms with Crippen LogP contribution >= 0.6 is 11.3 Å². The highest BCUT2D eigenvalue weighted by Gasteiger charge is 2.32. The average molecular weight is 281 g/mol. The third-order valence-corrected chi connectivity index (χ3v) is 4.02. The Morgan fingerprint density at radius 3 is 2.74 bits per heavy atom. The van der Waals surface area contributed by atoms with E-state index in [9.17, 15) is 14.4 Å². The van der Waals surface area contributed by atoms with E-state index in [1.165, 1.54) is 0 Å². The normalized spacial score (nSPS) is 18.1. The summed E-state index contributed by atoms with van der Waals surface area (Å²) in [5.41, 5.74) is 1.15. The lowest BCUT2D eigenvalue weighted by Crippen LogP contribution is -2.36. The van der Waals surface area contributed by atoms with Gasteiger partial charge in [-0.05, 0) is 23.9 Å². The van der Waals surface area contributed by atoms with E-state index < -0.39 is 18.0 Å². The summed E-state index contributed by atoms with van der Waals surface area (Å²) in [7, 11) is 1.69. The molecule has 0 spiro atoms. The second kappa shape index (κ2) is 5.40. The number of nitrogens with zero attached hydrogens (tertiary/aromatic N) is 1. The second-order valence-corrected chi connectivity index (χ2v) is 5.50. The second-order valence-electron chi connectivity index (χ2n) is 4.50. The van der Waals surface area contributed by atoms with Crippen LogP contribution in [0.2, 0.25) is 0 Å². The molecule has 2 rings (SSSR count). The molecular weight excluding hydrogens is 266 g/mol. The average Bonchev–Trinajstić information content (AvgIpc) is 2.86. The largest absolute Gasteiger partial charge is 0.341 e. The van der Waals surface area contributed by atoms with Gasteiger partial charge in [0.1, 0.15) is 6.04 Å². The van der Waals surface area contributed by atoms with Gasteiger partial charge in [-0.2, -0.15) is 0 Å². The monoisotopic (exact) mass is 281 g/mol. The first-order chi connectivity index (χ1) is 8.97. The number of imide groups is 1. The molecule has 1 saturated heterocycles. The first-order valence-electron chi connectivity index (χ1n) is 5.85. The zero-order valence-corrected chi connectivity index (χ0v) is 11.5. The third kappa shape index (κ3) is 3.11. The van der Waals surface area contributed by atoms with Crippen LogP contribution in [-0.4, -0.2) is 35.8 Å². The molecule has 0 bridgehead atoms. The minimum atomic E-state index is -0.758. The van der Waals surface area contributed by atoms with Crippen LogP contribution < -0.4 is 10.6 Å². The van der Waals surface area contributed by atoms with Crippen molar-refractivity contribution in [3.63, 3.8) is 0 Å². The number of hydrogen-bond donors (Lipinski definition) is 2. The Balaban J connectivity index is 1.91. The van der Waals surface area contributed by atoms with Gasteiger partial charge in [-0.15, -0.1) is 11.3 Å². The van der Waals surface area contributed by atoms with E-state index in [4.69, 9.17) is 0 Å². The molecule has 0 radical (unpaired) electrons. The van der Waals surface area contributed by atoms with Crippen LogP contribution in [0.3, 0.4) is 0 Å². The first-order valence-corrected chi connectivity index (χ1v) is 6.73. The van der Waals surface area contributed by atoms with Crippen molar-refractivity contribution in [2.24, 2.45) is 0 Å². The fourth-order valence-electron chi connectivity index (χ4n) is 1.80. The van der Waals surface area contributed by atoms with Gasteiger partial charge in [-0.3, -0.25) is 14.9 Å². The molecule has 2 heterocycles. The smallest absolute Gasteiger partial charge is 0.322 e. The molecule has 7 heteroatoms. The van der Waals surface area contributed by atoms with E-state index in [1.807, 2.05) is 18.4 Å². The standard InChI is InChI=1S/C12H15N3O3S/c1-7-3-4-19-9(7)6-15(2)10(16)5-8-11(17)14-12(18)13-8/h3-4,8H,5-6H2,1-2H3,(H2,13,14,17,18). The molecule has 1 fully saturated rings. The van der Waals surface area contributed by atoms with Crippen LogP contribution in [0.1, 0.15) is 16.9 Å². The Bertz CT molecular complexity index is 526. The van der Waals surface area contributed by atoms with Crippen LogP contribution in [0.25, 0.3) is 0 Å². The summed E-state index contributed by atoms with van der Waals surface area (Å²) in [4.78, 5) is 37.0. The molecule has 1 unspecified atom stereocenters. The zero-order valence-electron chi connectivity index (χ0n) is 10.7. The SMILES string of the molecule is Cc1ccsc1CN(C)C(=O)CC1NC(=O)NC1=O. The lowest BCUT2D eigenvalue weighted by molar-refractivity contribution is -0.133. The lowest BCUT2D eigenvalue weighted by atomic mass is 10.2. The Labute approximate surface area is 114 Å². The summed E-state index contributed by atoms with van der Waals surface area (Å²) in [6.07, 6.45) is -0.0154. The number of rotatable bonds is 4. The van der Waals surface area contributed by atoms with Crippen molar-refractivity contribution >= 4 is 29.2 Å². The van der Waals surface area contributed by atoms with Gasteiger partial charge in [0.2, 0.25) is 5.91 Å². The van der Waals surface area contributed by atoms with Crippen molar-refractivity contribution in [1.82, 2.24) is 15.5 Å². The van der Waals surface area contributed by atoms with Crippen molar-refractivity contribution in [3.8, 4) is 0 Å². The third-order valence-electron chi connectivity index (χ3n) is 3.01. The number of urea groups is 1. The number of aryl methyl sites for hydroxylation is 1. The number of amides is 4.